The minimum Gasteiger partial charge on any atom is -0.402 e. The lowest BCUT2D eigenvalue weighted by Crippen LogP contribution is -2.05. The van der Waals surface area contributed by atoms with Gasteiger partial charge in [0.15, 0.2) is 5.70 Å². The van der Waals surface area contributed by atoms with E-state index in [1.54, 1.807) is 29.6 Å². The molecule has 0 radical (unpaired) electrons. The van der Waals surface area contributed by atoms with Crippen molar-refractivity contribution in [1.82, 2.24) is 9.59 Å². The summed E-state index contributed by atoms with van der Waals surface area (Å²) in [5, 5.41) is 6.01. The molecule has 0 fully saturated rings. The summed E-state index contributed by atoms with van der Waals surface area (Å²) in [4.78, 5) is 15.8. The lowest BCUT2D eigenvalue weighted by Gasteiger charge is -2.00. The van der Waals surface area contributed by atoms with Gasteiger partial charge in [0.1, 0.15) is 5.69 Å². The number of aliphatic imine (C=N–C) groups is 1. The fourth-order valence-corrected chi connectivity index (χ4v) is 2.16. The molecule has 19 heavy (non-hydrogen) atoms. The number of esters is 1. The second kappa shape index (κ2) is 4.91. The van der Waals surface area contributed by atoms with Crippen LogP contribution in [0.1, 0.15) is 11.3 Å². The van der Waals surface area contributed by atoms with Crippen LogP contribution in [0.3, 0.4) is 0 Å². The number of benzene rings is 1. The standard InChI is InChI=1S/C12H6ClN3O2S/c13-9-4-2-1-3-8(9)11-14-10(12(17)18-11)5-7-6-19-16-15-7/h1-6H/b10-5-. The van der Waals surface area contributed by atoms with E-state index in [1.165, 1.54) is 17.6 Å². The number of cyclic esters (lactones) is 1. The highest BCUT2D eigenvalue weighted by Crippen LogP contribution is 2.23. The summed E-state index contributed by atoms with van der Waals surface area (Å²) in [6.45, 7) is 0. The normalized spacial score (nSPS) is 16.6. The molecule has 3 rings (SSSR count). The van der Waals surface area contributed by atoms with Crippen molar-refractivity contribution < 1.29 is 9.53 Å². The highest BCUT2D eigenvalue weighted by molar-refractivity contribution is 7.03. The van der Waals surface area contributed by atoms with Gasteiger partial charge in [-0.15, -0.1) is 5.10 Å². The number of aromatic nitrogens is 2. The second-order valence-corrected chi connectivity index (χ2v) is 4.66. The van der Waals surface area contributed by atoms with Gasteiger partial charge in [0.05, 0.1) is 10.6 Å². The first-order valence-corrected chi connectivity index (χ1v) is 6.50. The molecule has 0 unspecified atom stereocenters. The van der Waals surface area contributed by atoms with Crippen LogP contribution >= 0.6 is 23.1 Å². The molecule has 1 aliphatic heterocycles. The van der Waals surface area contributed by atoms with Gasteiger partial charge in [0.25, 0.3) is 0 Å². The van der Waals surface area contributed by atoms with Crippen molar-refractivity contribution in [2.75, 3.05) is 0 Å². The van der Waals surface area contributed by atoms with E-state index in [4.69, 9.17) is 16.3 Å². The first-order chi connectivity index (χ1) is 9.24. The number of nitrogens with zero attached hydrogens (tertiary/aromatic N) is 3. The van der Waals surface area contributed by atoms with Gasteiger partial charge < -0.3 is 4.74 Å². The van der Waals surface area contributed by atoms with Gasteiger partial charge in [0.2, 0.25) is 5.90 Å². The molecule has 1 aromatic carbocycles. The van der Waals surface area contributed by atoms with E-state index >= 15 is 0 Å². The summed E-state index contributed by atoms with van der Waals surface area (Å²) in [7, 11) is 0. The van der Waals surface area contributed by atoms with Crippen molar-refractivity contribution >= 4 is 41.1 Å². The van der Waals surface area contributed by atoms with Crippen LogP contribution < -0.4 is 0 Å². The third-order valence-corrected chi connectivity index (χ3v) is 3.24. The molecule has 2 aromatic rings. The Bertz CT molecular complexity index is 695. The van der Waals surface area contributed by atoms with Gasteiger partial charge in [-0.25, -0.2) is 9.79 Å². The number of ether oxygens (including phenoxy) is 1. The van der Waals surface area contributed by atoms with Crippen molar-refractivity contribution in [2.24, 2.45) is 4.99 Å². The molecule has 0 bridgehead atoms. The van der Waals surface area contributed by atoms with Crippen LogP contribution in [0.2, 0.25) is 5.02 Å². The van der Waals surface area contributed by atoms with Crippen LogP contribution in [-0.4, -0.2) is 21.5 Å². The molecule has 0 amide bonds. The van der Waals surface area contributed by atoms with Gasteiger partial charge in [-0.3, -0.25) is 0 Å². The average Bonchev–Trinajstić information content (AvgIpc) is 3.02. The molecule has 94 valence electrons. The quantitative estimate of drug-likeness (QED) is 0.630. The molecule has 5 nitrogen and oxygen atoms in total. The first kappa shape index (κ1) is 12.0. The molecular formula is C12H6ClN3O2S. The number of hydrogen-bond donors (Lipinski definition) is 0. The smallest absolute Gasteiger partial charge is 0.363 e. The van der Waals surface area contributed by atoms with Gasteiger partial charge in [0, 0.05) is 5.38 Å². The zero-order chi connectivity index (χ0) is 13.2. The second-order valence-electron chi connectivity index (χ2n) is 3.65. The lowest BCUT2D eigenvalue weighted by atomic mass is 10.2. The van der Waals surface area contributed by atoms with Crippen molar-refractivity contribution in [3.63, 3.8) is 0 Å². The maximum absolute atomic E-state index is 11.7. The van der Waals surface area contributed by atoms with Crippen LogP contribution in [0.5, 0.6) is 0 Å². The zero-order valence-corrected chi connectivity index (χ0v) is 11.0. The van der Waals surface area contributed by atoms with Gasteiger partial charge in [-0.1, -0.05) is 28.2 Å². The lowest BCUT2D eigenvalue weighted by molar-refractivity contribution is -0.129. The Morgan fingerprint density at radius 1 is 1.32 bits per heavy atom. The highest BCUT2D eigenvalue weighted by Gasteiger charge is 2.25. The molecule has 7 heteroatoms. The third kappa shape index (κ3) is 2.40. The minimum atomic E-state index is -0.525. The monoisotopic (exact) mass is 291 g/mol. The van der Waals surface area contributed by atoms with Crippen molar-refractivity contribution in [3.05, 3.63) is 51.6 Å². The van der Waals surface area contributed by atoms with Crippen molar-refractivity contribution in [2.45, 2.75) is 0 Å². The Hall–Kier alpha value is -2.05. The predicted octanol–water partition coefficient (Wildman–Crippen LogP) is 2.54. The zero-order valence-electron chi connectivity index (χ0n) is 9.41. The number of carbonyl (C=O) groups excluding carboxylic acids is 1. The topological polar surface area (TPSA) is 64.4 Å². The SMILES string of the molecule is O=C1OC(c2ccccc2Cl)=N/C1=C\c1csnn1. The molecule has 1 aliphatic rings. The van der Waals surface area contributed by atoms with E-state index in [0.717, 1.165) is 0 Å². The largest absolute Gasteiger partial charge is 0.402 e. The third-order valence-electron chi connectivity index (χ3n) is 2.39. The molecule has 0 spiro atoms. The van der Waals surface area contributed by atoms with Gasteiger partial charge in [-0.2, -0.15) is 0 Å². The summed E-state index contributed by atoms with van der Waals surface area (Å²) in [5.41, 5.74) is 1.33. The van der Waals surface area contributed by atoms with Crippen molar-refractivity contribution in [1.29, 1.82) is 0 Å². The maximum atomic E-state index is 11.7. The molecule has 0 saturated carbocycles. The van der Waals surface area contributed by atoms with E-state index in [2.05, 4.69) is 14.6 Å². The van der Waals surface area contributed by atoms with Gasteiger partial charge in [-0.05, 0) is 29.7 Å². The summed E-state index contributed by atoms with van der Waals surface area (Å²) in [6, 6.07) is 7.03. The van der Waals surface area contributed by atoms with Crippen LogP contribution in [-0.2, 0) is 9.53 Å². The highest BCUT2D eigenvalue weighted by atomic mass is 35.5. The number of hydrogen-bond acceptors (Lipinski definition) is 6. The summed E-state index contributed by atoms with van der Waals surface area (Å²) in [5.74, 6) is -0.326. The van der Waals surface area contributed by atoms with Crippen molar-refractivity contribution in [3.8, 4) is 0 Å². The van der Waals surface area contributed by atoms with E-state index in [9.17, 15) is 4.79 Å². The maximum Gasteiger partial charge on any atom is 0.363 e. The van der Waals surface area contributed by atoms with Crippen LogP contribution in [0.15, 0.2) is 40.3 Å². The fraction of sp³-hybridized carbons (Fsp3) is 0. The first-order valence-electron chi connectivity index (χ1n) is 5.28. The van der Waals surface area contributed by atoms with Crippen LogP contribution in [0.4, 0.5) is 0 Å². The summed E-state index contributed by atoms with van der Waals surface area (Å²) >= 11 is 7.23. The van der Waals surface area contributed by atoms with Crippen LogP contribution in [0.25, 0.3) is 6.08 Å². The Morgan fingerprint density at radius 3 is 2.89 bits per heavy atom. The summed E-state index contributed by atoms with van der Waals surface area (Å²) < 4.78 is 8.81. The van der Waals surface area contributed by atoms with E-state index in [-0.39, 0.29) is 11.6 Å². The Labute approximate surface area is 117 Å². The van der Waals surface area contributed by atoms with Gasteiger partial charge >= 0.3 is 5.97 Å². The van der Waals surface area contributed by atoms with Crippen LogP contribution in [0, 0.1) is 0 Å². The number of halogens is 1. The van der Waals surface area contributed by atoms with E-state index in [1.807, 2.05) is 0 Å². The Balaban J connectivity index is 1.98. The molecule has 0 saturated heterocycles. The number of rotatable bonds is 2. The molecule has 1 aromatic heterocycles. The molecule has 0 atom stereocenters. The molecule has 2 heterocycles. The van der Waals surface area contributed by atoms with E-state index < -0.39 is 5.97 Å². The molecular weight excluding hydrogens is 286 g/mol. The summed E-state index contributed by atoms with van der Waals surface area (Å²) in [6.07, 6.45) is 1.52. The average molecular weight is 292 g/mol. The van der Waals surface area contributed by atoms with E-state index in [0.29, 0.717) is 16.3 Å². The predicted molar refractivity (Wildman–Crippen MR) is 72.0 cm³/mol. The molecule has 0 aliphatic carbocycles. The number of carbonyl (C=O) groups is 1. The molecule has 0 N–H and O–H groups in total. The Morgan fingerprint density at radius 2 is 2.16 bits per heavy atom. The minimum absolute atomic E-state index is 0.183. The Kier molecular flexibility index (Phi) is 3.10. The fourth-order valence-electron chi connectivity index (χ4n) is 1.53.